The maximum Gasteiger partial charge on any atom is 0.0898 e. The van der Waals surface area contributed by atoms with Crippen LogP contribution in [0.4, 0.5) is 0 Å². The predicted octanol–water partition coefficient (Wildman–Crippen LogP) is 1.55. The van der Waals surface area contributed by atoms with Gasteiger partial charge < -0.3 is 4.74 Å². The Hall–Kier alpha value is -1.24. The van der Waals surface area contributed by atoms with E-state index < -0.39 is 0 Å². The van der Waals surface area contributed by atoms with Crippen molar-refractivity contribution in [3.05, 3.63) is 34.5 Å². The molecule has 0 radical (unpaired) electrons. The van der Waals surface area contributed by atoms with Crippen LogP contribution in [0.25, 0.3) is 0 Å². The molecule has 0 saturated carbocycles. The first kappa shape index (κ1) is 12.8. The molecule has 3 heterocycles. The van der Waals surface area contributed by atoms with Crippen LogP contribution >= 0.6 is 11.3 Å². The minimum Gasteiger partial charge on any atom is -0.374 e. The summed E-state index contributed by atoms with van der Waals surface area (Å²) in [6, 6.07) is 1.95. The van der Waals surface area contributed by atoms with Gasteiger partial charge in [-0.1, -0.05) is 0 Å². The quantitative estimate of drug-likeness (QED) is 0.851. The van der Waals surface area contributed by atoms with Crippen LogP contribution in [0.5, 0.6) is 0 Å². The first-order chi connectivity index (χ1) is 9.29. The molecule has 0 aromatic carbocycles. The monoisotopic (exact) mass is 278 g/mol. The Bertz CT molecular complexity index is 510. The normalized spacial score (nSPS) is 20.8. The fourth-order valence-electron chi connectivity index (χ4n) is 2.35. The zero-order chi connectivity index (χ0) is 13.1. The molecule has 0 aliphatic carbocycles. The average molecular weight is 278 g/mol. The van der Waals surface area contributed by atoms with Crippen LogP contribution in [-0.2, 0) is 17.8 Å². The number of nitrogens with zero attached hydrogens (tertiary/aromatic N) is 4. The average Bonchev–Trinajstić information content (AvgIpc) is 3.02. The van der Waals surface area contributed by atoms with E-state index in [1.54, 1.807) is 17.5 Å². The Morgan fingerprint density at radius 1 is 1.53 bits per heavy atom. The molecule has 5 nitrogen and oxygen atoms in total. The third kappa shape index (κ3) is 3.40. The maximum atomic E-state index is 5.81. The summed E-state index contributed by atoms with van der Waals surface area (Å²) in [7, 11) is 0. The summed E-state index contributed by atoms with van der Waals surface area (Å²) in [6.07, 6.45) is 6.00. The van der Waals surface area contributed by atoms with Crippen LogP contribution in [0.15, 0.2) is 24.7 Å². The molecular formula is C13H18N4OS. The van der Waals surface area contributed by atoms with Crippen LogP contribution < -0.4 is 0 Å². The smallest absolute Gasteiger partial charge is 0.0898 e. The van der Waals surface area contributed by atoms with E-state index in [0.29, 0.717) is 0 Å². The molecule has 6 heteroatoms. The van der Waals surface area contributed by atoms with Crippen molar-refractivity contribution in [1.29, 1.82) is 0 Å². The molecular weight excluding hydrogens is 260 g/mol. The summed E-state index contributed by atoms with van der Waals surface area (Å²) in [5.74, 6) is 0. The Kier molecular flexibility index (Phi) is 3.91. The van der Waals surface area contributed by atoms with Crippen LogP contribution in [0, 0.1) is 6.92 Å². The van der Waals surface area contributed by atoms with E-state index in [-0.39, 0.29) is 6.10 Å². The first-order valence-electron chi connectivity index (χ1n) is 6.52. The lowest BCUT2D eigenvalue weighted by Gasteiger charge is -2.32. The lowest BCUT2D eigenvalue weighted by molar-refractivity contribution is -0.0399. The van der Waals surface area contributed by atoms with Gasteiger partial charge in [0, 0.05) is 43.1 Å². The van der Waals surface area contributed by atoms with Gasteiger partial charge in [-0.15, -0.1) is 11.3 Å². The maximum absolute atomic E-state index is 5.81. The fraction of sp³-hybridized carbons (Fsp3) is 0.538. The largest absolute Gasteiger partial charge is 0.374 e. The molecule has 1 unspecified atom stereocenters. The summed E-state index contributed by atoms with van der Waals surface area (Å²) < 4.78 is 7.75. The van der Waals surface area contributed by atoms with Crippen molar-refractivity contribution in [3.8, 4) is 0 Å². The van der Waals surface area contributed by atoms with Gasteiger partial charge in [-0.3, -0.25) is 9.58 Å². The second kappa shape index (κ2) is 5.81. The lowest BCUT2D eigenvalue weighted by Crippen LogP contribution is -2.43. The van der Waals surface area contributed by atoms with Gasteiger partial charge in [0.25, 0.3) is 0 Å². The van der Waals surface area contributed by atoms with E-state index in [9.17, 15) is 0 Å². The zero-order valence-corrected chi connectivity index (χ0v) is 11.8. The van der Waals surface area contributed by atoms with Gasteiger partial charge in [0.05, 0.1) is 24.3 Å². The van der Waals surface area contributed by atoms with E-state index in [1.165, 1.54) is 4.88 Å². The highest BCUT2D eigenvalue weighted by molar-refractivity contribution is 7.11. The zero-order valence-electron chi connectivity index (χ0n) is 11.0. The molecule has 3 rings (SSSR count). The Balaban J connectivity index is 1.55. The molecule has 1 atom stereocenters. The van der Waals surface area contributed by atoms with E-state index in [4.69, 9.17) is 4.74 Å². The highest BCUT2D eigenvalue weighted by atomic mass is 32.1. The number of aryl methyl sites for hydroxylation is 1. The Morgan fingerprint density at radius 3 is 3.21 bits per heavy atom. The number of aromatic nitrogens is 3. The summed E-state index contributed by atoms with van der Waals surface area (Å²) >= 11 is 1.78. The van der Waals surface area contributed by atoms with E-state index in [2.05, 4.69) is 15.0 Å². The summed E-state index contributed by atoms with van der Waals surface area (Å²) in [5.41, 5.74) is 0. The highest BCUT2D eigenvalue weighted by Gasteiger charge is 2.21. The number of rotatable bonds is 4. The van der Waals surface area contributed by atoms with Crippen molar-refractivity contribution >= 4 is 11.3 Å². The van der Waals surface area contributed by atoms with Gasteiger partial charge in [-0.2, -0.15) is 5.10 Å². The molecule has 1 aliphatic heterocycles. The van der Waals surface area contributed by atoms with Crippen LogP contribution in [-0.4, -0.2) is 45.5 Å². The molecule has 102 valence electrons. The Labute approximate surface area is 116 Å². The summed E-state index contributed by atoms with van der Waals surface area (Å²) in [4.78, 5) is 8.07. The van der Waals surface area contributed by atoms with Crippen molar-refractivity contribution in [2.75, 3.05) is 19.7 Å². The summed E-state index contributed by atoms with van der Waals surface area (Å²) in [5, 5.41) is 5.37. The third-order valence-corrected chi connectivity index (χ3v) is 4.12. The summed E-state index contributed by atoms with van der Waals surface area (Å²) in [6.45, 7) is 6.59. The SMILES string of the molecule is Cc1ncc(CN2CCOC(Cn3cccn3)C2)s1. The number of morpholine rings is 1. The van der Waals surface area contributed by atoms with Gasteiger partial charge in [0.15, 0.2) is 0 Å². The van der Waals surface area contributed by atoms with Crippen LogP contribution in [0.1, 0.15) is 9.88 Å². The molecule has 2 aromatic heterocycles. The molecule has 0 N–H and O–H groups in total. The first-order valence-corrected chi connectivity index (χ1v) is 7.34. The molecule has 1 saturated heterocycles. The number of hydrogen-bond donors (Lipinski definition) is 0. The van der Waals surface area contributed by atoms with Gasteiger partial charge in [-0.25, -0.2) is 4.98 Å². The topological polar surface area (TPSA) is 43.2 Å². The van der Waals surface area contributed by atoms with Crippen molar-refractivity contribution < 1.29 is 4.74 Å². The molecule has 2 aromatic rings. The molecule has 0 bridgehead atoms. The molecule has 19 heavy (non-hydrogen) atoms. The number of ether oxygens (including phenoxy) is 1. The van der Waals surface area contributed by atoms with Gasteiger partial charge in [0.2, 0.25) is 0 Å². The number of thiazole rings is 1. The van der Waals surface area contributed by atoms with E-state index in [0.717, 1.165) is 37.8 Å². The van der Waals surface area contributed by atoms with E-state index in [1.807, 2.05) is 30.1 Å². The molecule has 0 spiro atoms. The third-order valence-electron chi connectivity index (χ3n) is 3.22. The molecule has 1 aliphatic rings. The second-order valence-electron chi connectivity index (χ2n) is 4.80. The van der Waals surface area contributed by atoms with E-state index >= 15 is 0 Å². The fourth-order valence-corrected chi connectivity index (χ4v) is 3.19. The minimum atomic E-state index is 0.225. The predicted molar refractivity (Wildman–Crippen MR) is 74.1 cm³/mol. The lowest BCUT2D eigenvalue weighted by atomic mass is 10.2. The minimum absolute atomic E-state index is 0.225. The van der Waals surface area contributed by atoms with Crippen molar-refractivity contribution in [1.82, 2.24) is 19.7 Å². The van der Waals surface area contributed by atoms with Crippen molar-refractivity contribution in [3.63, 3.8) is 0 Å². The van der Waals surface area contributed by atoms with Crippen LogP contribution in [0.2, 0.25) is 0 Å². The van der Waals surface area contributed by atoms with Crippen molar-refractivity contribution in [2.24, 2.45) is 0 Å². The standard InChI is InChI=1S/C13H18N4OS/c1-11-14-7-13(19-11)10-16-5-6-18-12(8-16)9-17-4-2-3-15-17/h2-4,7,12H,5-6,8-10H2,1H3. The van der Waals surface area contributed by atoms with Gasteiger partial charge >= 0.3 is 0 Å². The van der Waals surface area contributed by atoms with Gasteiger partial charge in [0.1, 0.15) is 0 Å². The highest BCUT2D eigenvalue weighted by Crippen LogP contribution is 2.16. The van der Waals surface area contributed by atoms with Crippen LogP contribution in [0.3, 0.4) is 0 Å². The van der Waals surface area contributed by atoms with Gasteiger partial charge in [-0.05, 0) is 13.0 Å². The molecule has 1 fully saturated rings. The number of hydrogen-bond acceptors (Lipinski definition) is 5. The van der Waals surface area contributed by atoms with Crippen molar-refractivity contribution in [2.45, 2.75) is 26.1 Å². The molecule has 0 amide bonds. The Morgan fingerprint density at radius 2 is 2.47 bits per heavy atom. The second-order valence-corrected chi connectivity index (χ2v) is 6.12.